The molecule has 0 N–H and O–H groups in total. The molecule has 7 heteroatoms. The first kappa shape index (κ1) is 20.1. The Balaban J connectivity index is 1.70. The van der Waals surface area contributed by atoms with Gasteiger partial charge < -0.3 is 4.74 Å². The van der Waals surface area contributed by atoms with E-state index in [4.69, 9.17) is 4.74 Å². The van der Waals surface area contributed by atoms with Crippen LogP contribution in [-0.2, 0) is 21.4 Å². The molecule has 0 aliphatic heterocycles. The van der Waals surface area contributed by atoms with Crippen molar-refractivity contribution in [1.29, 1.82) is 0 Å². The smallest absolute Gasteiger partial charge is 0.338 e. The van der Waals surface area contributed by atoms with Gasteiger partial charge in [-0.2, -0.15) is 0 Å². The van der Waals surface area contributed by atoms with Gasteiger partial charge in [-0.05, 0) is 54.1 Å². The van der Waals surface area contributed by atoms with Gasteiger partial charge in [0.15, 0.2) is 0 Å². The Kier molecular flexibility index (Phi) is 6.16. The van der Waals surface area contributed by atoms with Gasteiger partial charge >= 0.3 is 5.97 Å². The monoisotopic (exact) mass is 459 g/mol. The Hall–Kier alpha value is -2.64. The Bertz CT molecular complexity index is 1050. The van der Waals surface area contributed by atoms with Crippen LogP contribution < -0.4 is 4.31 Å². The van der Waals surface area contributed by atoms with Crippen LogP contribution in [0.3, 0.4) is 0 Å². The normalized spacial score (nSPS) is 11.1. The summed E-state index contributed by atoms with van der Waals surface area (Å²) in [6.07, 6.45) is 0. The molecule has 0 atom stereocenters. The highest BCUT2D eigenvalue weighted by atomic mass is 79.9. The molecular formula is C21H18BrNO4S. The summed E-state index contributed by atoms with van der Waals surface area (Å²) < 4.78 is 32.9. The molecule has 28 heavy (non-hydrogen) atoms. The molecule has 0 saturated carbocycles. The minimum atomic E-state index is -3.72. The standard InChI is InChI=1S/C21H18BrNO4S/c1-23(19-5-3-2-4-6-19)28(25,26)20-13-9-17(10-14-20)21(24)27-15-16-7-11-18(22)12-8-16/h2-14H,15H2,1H3. The van der Waals surface area contributed by atoms with Gasteiger partial charge in [0.2, 0.25) is 0 Å². The number of nitrogens with zero attached hydrogens (tertiary/aromatic N) is 1. The molecule has 0 unspecified atom stereocenters. The number of sulfonamides is 1. The first-order valence-electron chi connectivity index (χ1n) is 8.43. The van der Waals surface area contributed by atoms with Gasteiger partial charge in [-0.15, -0.1) is 0 Å². The fourth-order valence-corrected chi connectivity index (χ4v) is 3.97. The van der Waals surface area contributed by atoms with Gasteiger partial charge in [0.05, 0.1) is 16.1 Å². The van der Waals surface area contributed by atoms with Crippen molar-refractivity contribution < 1.29 is 17.9 Å². The minimum absolute atomic E-state index is 0.100. The molecule has 0 aliphatic carbocycles. The third-order valence-corrected chi connectivity index (χ3v) is 6.48. The van der Waals surface area contributed by atoms with Crippen molar-refractivity contribution in [2.24, 2.45) is 0 Å². The number of hydrogen-bond acceptors (Lipinski definition) is 4. The summed E-state index contributed by atoms with van der Waals surface area (Å²) in [6.45, 7) is 0.142. The maximum absolute atomic E-state index is 12.8. The molecule has 0 heterocycles. The topological polar surface area (TPSA) is 63.7 Å². The molecule has 144 valence electrons. The van der Waals surface area contributed by atoms with Crippen LogP contribution in [0.5, 0.6) is 0 Å². The summed E-state index contributed by atoms with van der Waals surface area (Å²) in [5.74, 6) is -0.511. The number of anilines is 1. The number of rotatable bonds is 6. The number of ether oxygens (including phenoxy) is 1. The lowest BCUT2D eigenvalue weighted by Gasteiger charge is -2.19. The SMILES string of the molecule is CN(c1ccccc1)S(=O)(=O)c1ccc(C(=O)OCc2ccc(Br)cc2)cc1. The number of benzene rings is 3. The van der Waals surface area contributed by atoms with Crippen molar-refractivity contribution in [2.45, 2.75) is 11.5 Å². The van der Waals surface area contributed by atoms with Gasteiger partial charge in [0.1, 0.15) is 6.61 Å². The molecule has 3 aromatic carbocycles. The zero-order chi connectivity index (χ0) is 20.1. The van der Waals surface area contributed by atoms with E-state index < -0.39 is 16.0 Å². The quantitative estimate of drug-likeness (QED) is 0.504. The van der Waals surface area contributed by atoms with E-state index in [-0.39, 0.29) is 11.5 Å². The first-order chi connectivity index (χ1) is 13.4. The molecule has 3 rings (SSSR count). The van der Waals surface area contributed by atoms with Gasteiger partial charge in [-0.25, -0.2) is 13.2 Å². The van der Waals surface area contributed by atoms with E-state index in [0.29, 0.717) is 11.3 Å². The van der Waals surface area contributed by atoms with Crippen molar-refractivity contribution in [3.63, 3.8) is 0 Å². The average molecular weight is 460 g/mol. The lowest BCUT2D eigenvalue weighted by atomic mass is 10.2. The second kappa shape index (κ2) is 8.58. The second-order valence-electron chi connectivity index (χ2n) is 6.04. The van der Waals surface area contributed by atoms with Gasteiger partial charge in [-0.1, -0.05) is 46.3 Å². The van der Waals surface area contributed by atoms with Crippen LogP contribution in [0.1, 0.15) is 15.9 Å². The molecule has 0 bridgehead atoms. The highest BCUT2D eigenvalue weighted by Crippen LogP contribution is 2.22. The second-order valence-corrected chi connectivity index (χ2v) is 8.92. The molecular weight excluding hydrogens is 442 g/mol. The predicted molar refractivity (Wildman–Crippen MR) is 112 cm³/mol. The Morgan fingerprint density at radius 3 is 2.14 bits per heavy atom. The van der Waals surface area contributed by atoms with Crippen LogP contribution in [-0.4, -0.2) is 21.4 Å². The summed E-state index contributed by atoms with van der Waals surface area (Å²) in [6, 6.07) is 21.9. The number of halogens is 1. The van der Waals surface area contributed by atoms with Gasteiger partial charge in [-0.3, -0.25) is 4.31 Å². The number of carbonyl (C=O) groups is 1. The van der Waals surface area contributed by atoms with Gasteiger partial charge in [0.25, 0.3) is 10.0 Å². The summed E-state index contributed by atoms with van der Waals surface area (Å²) >= 11 is 3.35. The summed E-state index contributed by atoms with van der Waals surface area (Å²) in [5, 5.41) is 0. The van der Waals surface area contributed by atoms with Crippen LogP contribution in [0, 0.1) is 0 Å². The van der Waals surface area contributed by atoms with E-state index in [9.17, 15) is 13.2 Å². The maximum atomic E-state index is 12.8. The third-order valence-electron chi connectivity index (χ3n) is 4.15. The van der Waals surface area contributed by atoms with E-state index in [1.54, 1.807) is 24.3 Å². The molecule has 5 nitrogen and oxygen atoms in total. The number of para-hydroxylation sites is 1. The fourth-order valence-electron chi connectivity index (χ4n) is 2.51. The van der Waals surface area contributed by atoms with Crippen LogP contribution in [0.25, 0.3) is 0 Å². The molecule has 0 fully saturated rings. The lowest BCUT2D eigenvalue weighted by Crippen LogP contribution is -2.26. The molecule has 0 radical (unpaired) electrons. The van der Waals surface area contributed by atoms with E-state index in [1.165, 1.54) is 35.6 Å². The molecule has 0 amide bonds. The number of hydrogen-bond donors (Lipinski definition) is 0. The highest BCUT2D eigenvalue weighted by molar-refractivity contribution is 9.10. The van der Waals surface area contributed by atoms with Crippen molar-refractivity contribution in [1.82, 2.24) is 0 Å². The Morgan fingerprint density at radius 1 is 0.929 bits per heavy atom. The maximum Gasteiger partial charge on any atom is 0.338 e. The summed E-state index contributed by atoms with van der Waals surface area (Å²) in [4.78, 5) is 12.3. The molecule has 0 saturated heterocycles. The summed E-state index contributed by atoms with van der Waals surface area (Å²) in [7, 11) is -2.23. The van der Waals surface area contributed by atoms with Crippen LogP contribution >= 0.6 is 15.9 Å². The first-order valence-corrected chi connectivity index (χ1v) is 10.7. The zero-order valence-corrected chi connectivity index (χ0v) is 17.5. The highest BCUT2D eigenvalue weighted by Gasteiger charge is 2.21. The van der Waals surface area contributed by atoms with E-state index >= 15 is 0 Å². The molecule has 0 aromatic heterocycles. The van der Waals surface area contributed by atoms with E-state index in [1.807, 2.05) is 30.3 Å². The van der Waals surface area contributed by atoms with Crippen LogP contribution in [0.15, 0.2) is 88.2 Å². The molecule has 0 spiro atoms. The lowest BCUT2D eigenvalue weighted by molar-refractivity contribution is 0.0472. The Labute approximate surface area is 172 Å². The zero-order valence-electron chi connectivity index (χ0n) is 15.1. The van der Waals surface area contributed by atoms with Gasteiger partial charge in [0, 0.05) is 11.5 Å². The Morgan fingerprint density at radius 2 is 1.54 bits per heavy atom. The van der Waals surface area contributed by atoms with Crippen molar-refractivity contribution in [3.8, 4) is 0 Å². The molecule has 3 aromatic rings. The largest absolute Gasteiger partial charge is 0.457 e. The predicted octanol–water partition coefficient (Wildman–Crippen LogP) is 4.63. The fraction of sp³-hybridized carbons (Fsp3) is 0.0952. The third kappa shape index (κ3) is 4.61. The van der Waals surface area contributed by atoms with Crippen molar-refractivity contribution >= 4 is 37.6 Å². The van der Waals surface area contributed by atoms with Crippen LogP contribution in [0.4, 0.5) is 5.69 Å². The van der Waals surface area contributed by atoms with E-state index in [0.717, 1.165) is 10.0 Å². The number of esters is 1. The minimum Gasteiger partial charge on any atom is -0.457 e. The van der Waals surface area contributed by atoms with Crippen LogP contribution in [0.2, 0.25) is 0 Å². The average Bonchev–Trinajstić information content (AvgIpc) is 2.73. The van der Waals surface area contributed by atoms with Crippen molar-refractivity contribution in [3.05, 3.63) is 94.5 Å². The van der Waals surface area contributed by atoms with Crippen molar-refractivity contribution in [2.75, 3.05) is 11.4 Å². The van der Waals surface area contributed by atoms with E-state index in [2.05, 4.69) is 15.9 Å². The summed E-state index contributed by atoms with van der Waals surface area (Å²) in [5.41, 5.74) is 1.71. The molecule has 0 aliphatic rings. The number of carbonyl (C=O) groups excluding carboxylic acids is 1.